The monoisotopic (exact) mass is 256 g/mol. The van der Waals surface area contributed by atoms with Crippen LogP contribution >= 0.6 is 0 Å². The van der Waals surface area contributed by atoms with Crippen LogP contribution in [-0.4, -0.2) is 42.1 Å². The van der Waals surface area contributed by atoms with Crippen molar-refractivity contribution in [2.24, 2.45) is 5.92 Å². The minimum atomic E-state index is -0.356. The van der Waals surface area contributed by atoms with Crippen molar-refractivity contribution < 1.29 is 14.3 Å². The molecule has 1 fully saturated rings. The van der Waals surface area contributed by atoms with Gasteiger partial charge in [0.2, 0.25) is 5.91 Å². The Balaban J connectivity index is 2.52. The van der Waals surface area contributed by atoms with Gasteiger partial charge in [-0.3, -0.25) is 14.9 Å². The molecule has 1 saturated heterocycles. The van der Waals surface area contributed by atoms with Gasteiger partial charge in [-0.1, -0.05) is 13.8 Å². The van der Waals surface area contributed by atoms with Gasteiger partial charge in [-0.25, -0.2) is 0 Å². The molecule has 0 unspecified atom stereocenters. The quantitative estimate of drug-likeness (QED) is 0.724. The predicted molar refractivity (Wildman–Crippen MR) is 68.8 cm³/mol. The lowest BCUT2D eigenvalue weighted by Crippen LogP contribution is -2.49. The summed E-state index contributed by atoms with van der Waals surface area (Å²) >= 11 is 0. The number of nitrogens with one attached hydrogen (secondary N) is 1. The maximum Gasteiger partial charge on any atom is 0.323 e. The van der Waals surface area contributed by atoms with Crippen LogP contribution in [0, 0.1) is 5.92 Å². The number of likely N-dealkylation sites (tertiary alicyclic amines) is 1. The molecule has 0 saturated carbocycles. The first-order valence-corrected chi connectivity index (χ1v) is 6.66. The lowest BCUT2D eigenvalue weighted by molar-refractivity contribution is -0.147. The lowest BCUT2D eigenvalue weighted by Gasteiger charge is -2.27. The molecule has 18 heavy (non-hydrogen) atoms. The number of nitrogens with zero attached hydrogens (tertiary/aromatic N) is 1. The molecular weight excluding hydrogens is 232 g/mol. The van der Waals surface area contributed by atoms with Crippen LogP contribution in [0.15, 0.2) is 0 Å². The van der Waals surface area contributed by atoms with Crippen molar-refractivity contribution in [3.05, 3.63) is 0 Å². The minimum Gasteiger partial charge on any atom is -0.465 e. The SMILES string of the molecule is CCOC(=O)[C@H](NCN1C(=O)CC[C@H]1C)C(C)C. The van der Waals surface area contributed by atoms with Gasteiger partial charge in [0.15, 0.2) is 0 Å². The Bertz CT molecular complexity index is 305. The van der Waals surface area contributed by atoms with E-state index in [1.807, 2.05) is 20.8 Å². The van der Waals surface area contributed by atoms with Crippen molar-refractivity contribution in [3.63, 3.8) is 0 Å². The molecule has 5 heteroatoms. The Morgan fingerprint density at radius 3 is 2.67 bits per heavy atom. The van der Waals surface area contributed by atoms with E-state index in [0.29, 0.717) is 19.7 Å². The third-order valence-corrected chi connectivity index (χ3v) is 3.32. The normalized spacial score (nSPS) is 21.5. The Hall–Kier alpha value is -1.10. The molecule has 0 bridgehead atoms. The van der Waals surface area contributed by atoms with Crippen LogP contribution in [0.1, 0.15) is 40.5 Å². The van der Waals surface area contributed by atoms with Gasteiger partial charge in [-0.05, 0) is 26.2 Å². The maximum absolute atomic E-state index is 11.8. The summed E-state index contributed by atoms with van der Waals surface area (Å²) in [6.07, 6.45) is 1.50. The van der Waals surface area contributed by atoms with Crippen molar-refractivity contribution >= 4 is 11.9 Å². The fourth-order valence-electron chi connectivity index (χ4n) is 2.14. The summed E-state index contributed by atoms with van der Waals surface area (Å²) in [5.74, 6) is 0.0465. The van der Waals surface area contributed by atoms with Crippen LogP contribution in [0.4, 0.5) is 0 Å². The van der Waals surface area contributed by atoms with E-state index >= 15 is 0 Å². The molecule has 0 aliphatic carbocycles. The Morgan fingerprint density at radius 1 is 1.56 bits per heavy atom. The topological polar surface area (TPSA) is 58.6 Å². The van der Waals surface area contributed by atoms with E-state index in [-0.39, 0.29) is 29.9 Å². The molecule has 2 atom stereocenters. The highest BCUT2D eigenvalue weighted by Crippen LogP contribution is 2.17. The van der Waals surface area contributed by atoms with E-state index in [1.54, 1.807) is 11.8 Å². The maximum atomic E-state index is 11.8. The average molecular weight is 256 g/mol. The van der Waals surface area contributed by atoms with Gasteiger partial charge >= 0.3 is 5.97 Å². The van der Waals surface area contributed by atoms with E-state index in [4.69, 9.17) is 4.74 Å². The van der Waals surface area contributed by atoms with Gasteiger partial charge in [0, 0.05) is 12.5 Å². The zero-order valence-corrected chi connectivity index (χ0v) is 11.7. The van der Waals surface area contributed by atoms with Crippen LogP contribution < -0.4 is 5.32 Å². The summed E-state index contributed by atoms with van der Waals surface area (Å²) < 4.78 is 5.03. The second-order valence-corrected chi connectivity index (χ2v) is 5.09. The number of ether oxygens (including phenoxy) is 1. The summed E-state index contributed by atoms with van der Waals surface area (Å²) in [5, 5.41) is 3.14. The Labute approximate surface area is 109 Å². The van der Waals surface area contributed by atoms with Gasteiger partial charge in [-0.15, -0.1) is 0 Å². The summed E-state index contributed by atoms with van der Waals surface area (Å²) in [4.78, 5) is 25.2. The molecule has 1 aliphatic heterocycles. The van der Waals surface area contributed by atoms with Crippen molar-refractivity contribution in [1.29, 1.82) is 0 Å². The van der Waals surface area contributed by atoms with E-state index in [9.17, 15) is 9.59 Å². The van der Waals surface area contributed by atoms with Gasteiger partial charge in [-0.2, -0.15) is 0 Å². The predicted octanol–water partition coefficient (Wildman–Crippen LogP) is 1.13. The number of hydrogen-bond donors (Lipinski definition) is 1. The van der Waals surface area contributed by atoms with Crippen LogP contribution in [0.2, 0.25) is 0 Å². The molecule has 0 aromatic carbocycles. The molecule has 0 radical (unpaired) electrons. The third kappa shape index (κ3) is 3.70. The fourth-order valence-corrected chi connectivity index (χ4v) is 2.14. The van der Waals surface area contributed by atoms with E-state index in [0.717, 1.165) is 6.42 Å². The zero-order chi connectivity index (χ0) is 13.7. The number of carbonyl (C=O) groups is 2. The average Bonchev–Trinajstić information content (AvgIpc) is 2.60. The standard InChI is InChI=1S/C13H24N2O3/c1-5-18-13(17)12(9(2)3)14-8-15-10(4)6-7-11(15)16/h9-10,12,14H,5-8H2,1-4H3/t10-,12-/m1/s1. The number of carbonyl (C=O) groups excluding carboxylic acids is 2. The van der Waals surface area contributed by atoms with Gasteiger partial charge in [0.05, 0.1) is 13.3 Å². The van der Waals surface area contributed by atoms with Crippen LogP contribution in [-0.2, 0) is 14.3 Å². The van der Waals surface area contributed by atoms with Crippen molar-refractivity contribution in [1.82, 2.24) is 10.2 Å². The second-order valence-electron chi connectivity index (χ2n) is 5.09. The fraction of sp³-hybridized carbons (Fsp3) is 0.846. The molecule has 1 heterocycles. The second kappa shape index (κ2) is 6.73. The summed E-state index contributed by atoms with van der Waals surface area (Å²) in [5.41, 5.74) is 0. The smallest absolute Gasteiger partial charge is 0.323 e. The molecule has 0 aromatic rings. The van der Waals surface area contributed by atoms with Crippen molar-refractivity contribution in [2.75, 3.05) is 13.3 Å². The zero-order valence-electron chi connectivity index (χ0n) is 11.7. The van der Waals surface area contributed by atoms with Crippen LogP contribution in [0.25, 0.3) is 0 Å². The Morgan fingerprint density at radius 2 is 2.22 bits per heavy atom. The molecule has 5 nitrogen and oxygen atoms in total. The van der Waals surface area contributed by atoms with E-state index in [1.165, 1.54) is 0 Å². The Kier molecular flexibility index (Phi) is 5.59. The summed E-state index contributed by atoms with van der Waals surface area (Å²) in [6, 6.07) is -0.106. The molecule has 1 N–H and O–H groups in total. The first-order valence-electron chi connectivity index (χ1n) is 6.66. The van der Waals surface area contributed by atoms with Crippen LogP contribution in [0.3, 0.4) is 0 Å². The summed E-state index contributed by atoms with van der Waals surface area (Å²) in [7, 11) is 0. The largest absolute Gasteiger partial charge is 0.465 e. The molecule has 1 amide bonds. The van der Waals surface area contributed by atoms with Gasteiger partial charge in [0.25, 0.3) is 0 Å². The number of rotatable bonds is 6. The van der Waals surface area contributed by atoms with E-state index in [2.05, 4.69) is 5.32 Å². The van der Waals surface area contributed by atoms with Gasteiger partial charge in [0.1, 0.15) is 6.04 Å². The molecular formula is C13H24N2O3. The van der Waals surface area contributed by atoms with Crippen molar-refractivity contribution in [3.8, 4) is 0 Å². The third-order valence-electron chi connectivity index (χ3n) is 3.32. The first-order chi connectivity index (χ1) is 8.47. The highest BCUT2D eigenvalue weighted by molar-refractivity contribution is 5.79. The first kappa shape index (κ1) is 15.0. The molecule has 0 aromatic heterocycles. The van der Waals surface area contributed by atoms with Gasteiger partial charge < -0.3 is 9.64 Å². The molecule has 1 rings (SSSR count). The molecule has 1 aliphatic rings. The van der Waals surface area contributed by atoms with Crippen molar-refractivity contribution in [2.45, 2.75) is 52.6 Å². The summed E-state index contributed by atoms with van der Waals surface area (Å²) in [6.45, 7) is 8.54. The van der Waals surface area contributed by atoms with E-state index < -0.39 is 0 Å². The highest BCUT2D eigenvalue weighted by Gasteiger charge is 2.29. The minimum absolute atomic E-state index is 0.136. The lowest BCUT2D eigenvalue weighted by atomic mass is 10.1. The number of amides is 1. The highest BCUT2D eigenvalue weighted by atomic mass is 16.5. The van der Waals surface area contributed by atoms with Crippen LogP contribution in [0.5, 0.6) is 0 Å². The number of esters is 1. The number of hydrogen-bond acceptors (Lipinski definition) is 4. The molecule has 104 valence electrons. The molecule has 0 spiro atoms.